The summed E-state index contributed by atoms with van der Waals surface area (Å²) >= 11 is 6.09. The molecule has 0 spiro atoms. The predicted molar refractivity (Wildman–Crippen MR) is 89.2 cm³/mol. The Balaban J connectivity index is 2.03. The minimum atomic E-state index is -0.699. The number of aromatic nitrogens is 4. The number of benzene rings is 1. The van der Waals surface area contributed by atoms with E-state index < -0.39 is 11.2 Å². The molecule has 0 atom stereocenters. The average molecular weight is 358 g/mol. The third-order valence-electron chi connectivity index (χ3n) is 3.56. The van der Waals surface area contributed by atoms with Gasteiger partial charge in [0, 0.05) is 12.7 Å². The maximum atomic E-state index is 12.3. The summed E-state index contributed by atoms with van der Waals surface area (Å²) in [7, 11) is 0. The van der Waals surface area contributed by atoms with Gasteiger partial charge in [-0.1, -0.05) is 23.7 Å². The van der Waals surface area contributed by atoms with Gasteiger partial charge in [0.2, 0.25) is 11.8 Å². The molecule has 126 valence electrons. The SMILES string of the molecule is CCn1cc(C#N)c(=O)n(Cc2nnc(-c3ccccc3Cl)o2)c1=O. The van der Waals surface area contributed by atoms with E-state index >= 15 is 0 Å². The van der Waals surface area contributed by atoms with E-state index in [9.17, 15) is 9.59 Å². The molecule has 2 heterocycles. The van der Waals surface area contributed by atoms with E-state index in [1.165, 1.54) is 10.8 Å². The molecule has 8 nitrogen and oxygen atoms in total. The lowest BCUT2D eigenvalue weighted by atomic mass is 10.2. The fourth-order valence-corrected chi connectivity index (χ4v) is 2.51. The third kappa shape index (κ3) is 3.09. The second kappa shape index (κ2) is 6.75. The van der Waals surface area contributed by atoms with Crippen molar-refractivity contribution in [2.75, 3.05) is 0 Å². The third-order valence-corrected chi connectivity index (χ3v) is 3.89. The second-order valence-corrected chi connectivity index (χ2v) is 5.50. The first-order valence-electron chi connectivity index (χ1n) is 7.36. The van der Waals surface area contributed by atoms with Crippen LogP contribution in [0.4, 0.5) is 0 Å². The first-order valence-corrected chi connectivity index (χ1v) is 7.74. The maximum absolute atomic E-state index is 12.3. The Labute approximate surface area is 146 Å². The van der Waals surface area contributed by atoms with Crippen LogP contribution in [0, 0.1) is 11.3 Å². The van der Waals surface area contributed by atoms with Crippen molar-refractivity contribution in [2.45, 2.75) is 20.0 Å². The summed E-state index contributed by atoms with van der Waals surface area (Å²) in [5.41, 5.74) is -0.835. The van der Waals surface area contributed by atoms with Gasteiger partial charge in [0.15, 0.2) is 0 Å². The molecule has 9 heteroatoms. The molecular weight excluding hydrogens is 346 g/mol. The zero-order valence-corrected chi connectivity index (χ0v) is 13.9. The van der Waals surface area contributed by atoms with Gasteiger partial charge in [-0.25, -0.2) is 9.36 Å². The molecule has 0 unspecified atom stereocenters. The predicted octanol–water partition coefficient (Wildman–Crippen LogP) is 1.65. The molecule has 0 amide bonds. The molecule has 0 radical (unpaired) electrons. The average Bonchev–Trinajstić information content (AvgIpc) is 3.08. The molecule has 25 heavy (non-hydrogen) atoms. The molecule has 0 aliphatic carbocycles. The van der Waals surface area contributed by atoms with Crippen LogP contribution in [0.5, 0.6) is 0 Å². The van der Waals surface area contributed by atoms with Crippen molar-refractivity contribution >= 4 is 11.6 Å². The molecule has 3 aromatic rings. The standard InChI is InChI=1S/C16H12ClN5O3/c1-2-21-8-10(7-18)15(23)22(16(21)24)9-13-19-20-14(25-13)11-5-3-4-6-12(11)17/h3-6,8H,2,9H2,1H3. The fraction of sp³-hybridized carbons (Fsp3) is 0.188. The van der Waals surface area contributed by atoms with Crippen LogP contribution in [0.25, 0.3) is 11.5 Å². The Morgan fingerprint density at radius 2 is 2.04 bits per heavy atom. The topological polar surface area (TPSA) is 107 Å². The van der Waals surface area contributed by atoms with Gasteiger partial charge < -0.3 is 4.42 Å². The van der Waals surface area contributed by atoms with Crippen LogP contribution in [0.15, 0.2) is 44.5 Å². The number of hydrogen-bond acceptors (Lipinski definition) is 6. The van der Waals surface area contributed by atoms with Gasteiger partial charge in [-0.2, -0.15) is 5.26 Å². The van der Waals surface area contributed by atoms with Gasteiger partial charge >= 0.3 is 5.69 Å². The Kier molecular flexibility index (Phi) is 4.50. The van der Waals surface area contributed by atoms with Crippen molar-refractivity contribution in [3.05, 3.63) is 67.8 Å². The minimum Gasteiger partial charge on any atom is -0.419 e. The van der Waals surface area contributed by atoms with Crippen molar-refractivity contribution in [2.24, 2.45) is 0 Å². The number of hydrogen-bond donors (Lipinski definition) is 0. The van der Waals surface area contributed by atoms with Gasteiger partial charge in [-0.05, 0) is 19.1 Å². The zero-order valence-electron chi connectivity index (χ0n) is 13.1. The summed E-state index contributed by atoms with van der Waals surface area (Å²) < 4.78 is 7.68. The Hall–Kier alpha value is -3.18. The van der Waals surface area contributed by atoms with E-state index in [1.54, 1.807) is 37.3 Å². The summed E-state index contributed by atoms with van der Waals surface area (Å²) in [5, 5.41) is 17.3. The lowest BCUT2D eigenvalue weighted by Crippen LogP contribution is -2.41. The van der Waals surface area contributed by atoms with Gasteiger partial charge in [0.25, 0.3) is 5.56 Å². The molecule has 1 aromatic carbocycles. The molecule has 0 bridgehead atoms. The van der Waals surface area contributed by atoms with Crippen molar-refractivity contribution < 1.29 is 4.42 Å². The van der Waals surface area contributed by atoms with Crippen LogP contribution in [-0.4, -0.2) is 19.3 Å². The highest BCUT2D eigenvalue weighted by Crippen LogP contribution is 2.26. The summed E-state index contributed by atoms with van der Waals surface area (Å²) in [6.07, 6.45) is 1.24. The molecule has 0 saturated heterocycles. The highest BCUT2D eigenvalue weighted by atomic mass is 35.5. The van der Waals surface area contributed by atoms with Crippen LogP contribution in [-0.2, 0) is 13.1 Å². The van der Waals surface area contributed by atoms with E-state index in [0.29, 0.717) is 17.1 Å². The fourth-order valence-electron chi connectivity index (χ4n) is 2.29. The van der Waals surface area contributed by atoms with Crippen molar-refractivity contribution in [3.8, 4) is 17.5 Å². The Bertz CT molecular complexity index is 1090. The van der Waals surface area contributed by atoms with Crippen molar-refractivity contribution in [1.29, 1.82) is 5.26 Å². The van der Waals surface area contributed by atoms with Crippen LogP contribution in [0.2, 0.25) is 5.02 Å². The van der Waals surface area contributed by atoms with E-state index in [1.807, 2.05) is 0 Å². The first-order chi connectivity index (χ1) is 12.0. The van der Waals surface area contributed by atoms with Crippen molar-refractivity contribution in [1.82, 2.24) is 19.3 Å². The largest absolute Gasteiger partial charge is 0.419 e. The molecule has 0 N–H and O–H groups in total. The summed E-state index contributed by atoms with van der Waals surface area (Å²) in [6, 6.07) is 8.72. The van der Waals surface area contributed by atoms with Crippen LogP contribution >= 0.6 is 11.6 Å². The van der Waals surface area contributed by atoms with Crippen LogP contribution in [0.1, 0.15) is 18.4 Å². The molecule has 0 aliphatic rings. The highest BCUT2D eigenvalue weighted by Gasteiger charge is 2.16. The van der Waals surface area contributed by atoms with E-state index in [0.717, 1.165) is 4.57 Å². The van der Waals surface area contributed by atoms with E-state index in [4.69, 9.17) is 21.3 Å². The number of rotatable bonds is 4. The molecule has 0 aliphatic heterocycles. The summed E-state index contributed by atoms with van der Waals surface area (Å²) in [5.74, 6) is 0.243. The summed E-state index contributed by atoms with van der Waals surface area (Å²) in [4.78, 5) is 24.6. The van der Waals surface area contributed by atoms with Crippen LogP contribution in [0.3, 0.4) is 0 Å². The van der Waals surface area contributed by atoms with Gasteiger partial charge in [0.05, 0.1) is 10.6 Å². The lowest BCUT2D eigenvalue weighted by molar-refractivity contribution is 0.469. The van der Waals surface area contributed by atoms with E-state index in [-0.39, 0.29) is 23.9 Å². The first kappa shape index (κ1) is 16.7. The van der Waals surface area contributed by atoms with E-state index in [2.05, 4.69) is 10.2 Å². The molecule has 3 rings (SSSR count). The van der Waals surface area contributed by atoms with Crippen molar-refractivity contribution in [3.63, 3.8) is 0 Å². The number of nitriles is 1. The molecule has 0 fully saturated rings. The number of aryl methyl sites for hydroxylation is 1. The highest BCUT2D eigenvalue weighted by molar-refractivity contribution is 6.33. The van der Waals surface area contributed by atoms with Gasteiger partial charge in [0.1, 0.15) is 18.2 Å². The van der Waals surface area contributed by atoms with Gasteiger partial charge in [-0.15, -0.1) is 10.2 Å². The Morgan fingerprint density at radius 3 is 2.72 bits per heavy atom. The number of nitrogens with zero attached hydrogens (tertiary/aromatic N) is 5. The molecule has 2 aromatic heterocycles. The van der Waals surface area contributed by atoms with Crippen LogP contribution < -0.4 is 11.2 Å². The molecule has 0 saturated carbocycles. The number of halogens is 1. The second-order valence-electron chi connectivity index (χ2n) is 5.10. The summed E-state index contributed by atoms with van der Waals surface area (Å²) in [6.45, 7) is 1.83. The lowest BCUT2D eigenvalue weighted by Gasteiger charge is -2.07. The monoisotopic (exact) mass is 357 g/mol. The normalized spacial score (nSPS) is 10.6. The Morgan fingerprint density at radius 1 is 1.28 bits per heavy atom. The molecular formula is C16H12ClN5O3. The van der Waals surface area contributed by atoms with Gasteiger partial charge in [-0.3, -0.25) is 9.36 Å². The quantitative estimate of drug-likeness (QED) is 0.702. The maximum Gasteiger partial charge on any atom is 0.331 e. The minimum absolute atomic E-state index is 0.0619. The zero-order chi connectivity index (χ0) is 18.0. The smallest absolute Gasteiger partial charge is 0.331 e.